The molecule has 0 aliphatic carbocycles. The smallest absolute Gasteiger partial charge is 0.160 e. The van der Waals surface area contributed by atoms with Gasteiger partial charge in [-0.05, 0) is 77.9 Å². The van der Waals surface area contributed by atoms with Crippen molar-refractivity contribution in [1.82, 2.24) is 19.1 Å². The Balaban J connectivity index is 1.08. The largest absolute Gasteiger partial charge is 0.309 e. The first kappa shape index (κ1) is 31.9. The molecule has 56 heavy (non-hydrogen) atoms. The zero-order valence-corrected chi connectivity index (χ0v) is 30.4. The van der Waals surface area contributed by atoms with Gasteiger partial charge in [0.2, 0.25) is 0 Å². The molecule has 3 aromatic heterocycles. The van der Waals surface area contributed by atoms with Gasteiger partial charge in [0, 0.05) is 49.6 Å². The average molecular weight is 715 g/mol. The van der Waals surface area contributed by atoms with E-state index in [0.29, 0.717) is 5.82 Å². The Morgan fingerprint density at radius 2 is 0.661 bits per heavy atom. The quantitative estimate of drug-likeness (QED) is 0.172. The third kappa shape index (κ3) is 5.31. The Bertz CT molecular complexity index is 3140. The van der Waals surface area contributed by atoms with Crippen LogP contribution in [-0.2, 0) is 0 Å². The molecule has 0 atom stereocenters. The fourth-order valence-electron chi connectivity index (χ4n) is 8.27. The molecule has 8 aromatic carbocycles. The number of para-hydroxylation sites is 2. The summed E-state index contributed by atoms with van der Waals surface area (Å²) in [6, 6.07) is 73.2. The maximum absolute atomic E-state index is 5.09. The van der Waals surface area contributed by atoms with Crippen LogP contribution in [0.1, 0.15) is 0 Å². The lowest BCUT2D eigenvalue weighted by Crippen LogP contribution is -1.98. The lowest BCUT2D eigenvalue weighted by Gasteiger charge is -2.12. The molecule has 0 bridgehead atoms. The molecule has 4 heteroatoms. The molecular weight excluding hydrogens is 681 g/mol. The van der Waals surface area contributed by atoms with Gasteiger partial charge in [-0.3, -0.25) is 0 Å². The SMILES string of the molecule is c1ccc(-c2ccc(-n3c4ccccc4c4cc5c6ccccc6n(-c6ccc(-c7nc(-c8ccccc8)cc(-c8ccccc8)n7)cc6)c5cc43)cc2)cc1. The third-order valence-corrected chi connectivity index (χ3v) is 10.9. The Hall–Kier alpha value is -7.56. The second kappa shape index (κ2) is 13.1. The van der Waals surface area contributed by atoms with Crippen LogP contribution in [0.4, 0.5) is 0 Å². The summed E-state index contributed by atoms with van der Waals surface area (Å²) >= 11 is 0. The van der Waals surface area contributed by atoms with Crippen LogP contribution in [0.25, 0.3) is 100 Å². The first-order chi connectivity index (χ1) is 27.8. The summed E-state index contributed by atoms with van der Waals surface area (Å²) in [4.78, 5) is 10.2. The lowest BCUT2D eigenvalue weighted by molar-refractivity contribution is 1.16. The number of nitrogens with zero attached hydrogens (tertiary/aromatic N) is 4. The van der Waals surface area contributed by atoms with E-state index in [-0.39, 0.29) is 0 Å². The molecule has 0 saturated heterocycles. The van der Waals surface area contributed by atoms with Crippen molar-refractivity contribution in [1.29, 1.82) is 0 Å². The van der Waals surface area contributed by atoms with E-state index >= 15 is 0 Å². The molecule has 4 nitrogen and oxygen atoms in total. The van der Waals surface area contributed by atoms with Gasteiger partial charge in [-0.1, -0.05) is 140 Å². The lowest BCUT2D eigenvalue weighted by atomic mass is 10.1. The van der Waals surface area contributed by atoms with E-state index in [1.165, 1.54) is 49.2 Å². The molecule has 262 valence electrons. The molecule has 11 aromatic rings. The van der Waals surface area contributed by atoms with E-state index in [1.807, 2.05) is 12.1 Å². The fraction of sp³-hybridized carbons (Fsp3) is 0. The van der Waals surface area contributed by atoms with E-state index in [9.17, 15) is 0 Å². The van der Waals surface area contributed by atoms with E-state index in [4.69, 9.17) is 9.97 Å². The highest BCUT2D eigenvalue weighted by atomic mass is 15.0. The fourth-order valence-corrected chi connectivity index (χ4v) is 8.27. The standard InChI is InChI=1S/C52H34N4/c1-4-14-35(15-5-1)36-24-28-40(29-25-36)55-48-22-12-10-20-42(48)44-32-45-43-21-11-13-23-49(43)56(51(45)34-50(44)55)41-30-26-39(27-31-41)52-53-46(37-16-6-2-7-17-37)33-47(54-52)38-18-8-3-9-19-38/h1-34H. The average Bonchev–Trinajstić information content (AvgIpc) is 3.78. The number of fused-ring (bicyclic) bond motifs is 6. The molecule has 0 radical (unpaired) electrons. The van der Waals surface area contributed by atoms with Crippen LogP contribution in [0.5, 0.6) is 0 Å². The van der Waals surface area contributed by atoms with Crippen LogP contribution < -0.4 is 0 Å². The van der Waals surface area contributed by atoms with Crippen molar-refractivity contribution in [3.05, 3.63) is 206 Å². The minimum atomic E-state index is 0.698. The monoisotopic (exact) mass is 714 g/mol. The highest BCUT2D eigenvalue weighted by molar-refractivity contribution is 6.19. The van der Waals surface area contributed by atoms with Gasteiger partial charge in [-0.2, -0.15) is 0 Å². The van der Waals surface area contributed by atoms with Crippen molar-refractivity contribution in [2.75, 3.05) is 0 Å². The minimum absolute atomic E-state index is 0.698. The van der Waals surface area contributed by atoms with Crippen LogP contribution in [0.3, 0.4) is 0 Å². The summed E-state index contributed by atoms with van der Waals surface area (Å²) in [6.07, 6.45) is 0. The number of hydrogen-bond acceptors (Lipinski definition) is 2. The first-order valence-corrected chi connectivity index (χ1v) is 19.0. The summed E-state index contributed by atoms with van der Waals surface area (Å²) < 4.78 is 4.80. The van der Waals surface area contributed by atoms with Crippen molar-refractivity contribution < 1.29 is 0 Å². The van der Waals surface area contributed by atoms with Gasteiger partial charge in [0.25, 0.3) is 0 Å². The summed E-state index contributed by atoms with van der Waals surface area (Å²) in [5.74, 6) is 0.698. The highest BCUT2D eigenvalue weighted by Crippen LogP contribution is 2.40. The Labute approximate surface area is 324 Å². The molecule has 0 unspecified atom stereocenters. The van der Waals surface area contributed by atoms with Gasteiger partial charge in [0.15, 0.2) is 5.82 Å². The van der Waals surface area contributed by atoms with Gasteiger partial charge >= 0.3 is 0 Å². The number of hydrogen-bond donors (Lipinski definition) is 0. The maximum atomic E-state index is 5.09. The Kier molecular flexibility index (Phi) is 7.46. The normalized spacial score (nSPS) is 11.6. The number of benzene rings is 8. The molecule has 0 N–H and O–H groups in total. The molecule has 0 fully saturated rings. The molecule has 0 amide bonds. The van der Waals surface area contributed by atoms with Crippen molar-refractivity contribution >= 4 is 43.6 Å². The van der Waals surface area contributed by atoms with Crippen molar-refractivity contribution in [3.63, 3.8) is 0 Å². The second-order valence-electron chi connectivity index (χ2n) is 14.2. The van der Waals surface area contributed by atoms with Crippen LogP contribution in [0.15, 0.2) is 206 Å². The van der Waals surface area contributed by atoms with Crippen LogP contribution in [-0.4, -0.2) is 19.1 Å². The van der Waals surface area contributed by atoms with Crippen LogP contribution >= 0.6 is 0 Å². The van der Waals surface area contributed by atoms with Gasteiger partial charge in [-0.15, -0.1) is 0 Å². The predicted octanol–water partition coefficient (Wildman–Crippen LogP) is 13.3. The van der Waals surface area contributed by atoms with Gasteiger partial charge in [0.1, 0.15) is 0 Å². The maximum Gasteiger partial charge on any atom is 0.160 e. The molecule has 0 aliphatic rings. The van der Waals surface area contributed by atoms with Crippen molar-refractivity contribution in [2.45, 2.75) is 0 Å². The third-order valence-electron chi connectivity index (χ3n) is 10.9. The zero-order chi connectivity index (χ0) is 37.0. The van der Waals surface area contributed by atoms with Gasteiger partial charge in [-0.25, -0.2) is 9.97 Å². The topological polar surface area (TPSA) is 35.6 Å². The molecule has 3 heterocycles. The first-order valence-electron chi connectivity index (χ1n) is 19.0. The van der Waals surface area contributed by atoms with E-state index < -0.39 is 0 Å². The molecule has 11 rings (SSSR count). The summed E-state index contributed by atoms with van der Waals surface area (Å²) in [5.41, 5.74) is 14.2. The zero-order valence-electron chi connectivity index (χ0n) is 30.4. The van der Waals surface area contributed by atoms with E-state index in [1.54, 1.807) is 0 Å². The number of aromatic nitrogens is 4. The molecule has 0 spiro atoms. The Morgan fingerprint density at radius 3 is 1.14 bits per heavy atom. The predicted molar refractivity (Wildman–Crippen MR) is 232 cm³/mol. The highest BCUT2D eigenvalue weighted by Gasteiger charge is 2.19. The molecular formula is C52H34N4. The van der Waals surface area contributed by atoms with E-state index in [0.717, 1.165) is 45.0 Å². The second-order valence-corrected chi connectivity index (χ2v) is 14.2. The van der Waals surface area contributed by atoms with Crippen LogP contribution in [0, 0.1) is 0 Å². The summed E-state index contributed by atoms with van der Waals surface area (Å²) in [5, 5.41) is 4.93. The minimum Gasteiger partial charge on any atom is -0.309 e. The van der Waals surface area contributed by atoms with Gasteiger partial charge in [0.05, 0.1) is 33.5 Å². The van der Waals surface area contributed by atoms with Gasteiger partial charge < -0.3 is 9.13 Å². The van der Waals surface area contributed by atoms with Crippen LogP contribution in [0.2, 0.25) is 0 Å². The van der Waals surface area contributed by atoms with E-state index in [2.05, 4.69) is 203 Å². The van der Waals surface area contributed by atoms with Crippen molar-refractivity contribution in [2.24, 2.45) is 0 Å². The number of rotatable bonds is 6. The summed E-state index contributed by atoms with van der Waals surface area (Å²) in [7, 11) is 0. The molecule has 0 saturated carbocycles. The summed E-state index contributed by atoms with van der Waals surface area (Å²) in [6.45, 7) is 0. The Morgan fingerprint density at radius 1 is 0.268 bits per heavy atom. The van der Waals surface area contributed by atoms with Crippen molar-refractivity contribution in [3.8, 4) is 56.4 Å². The molecule has 0 aliphatic heterocycles.